The molecule has 2 N–H and O–H groups in total. The second-order valence-corrected chi connectivity index (χ2v) is 12.5. The van der Waals surface area contributed by atoms with E-state index in [2.05, 4.69) is 30.9 Å². The molecule has 6 rings (SSSR count). The van der Waals surface area contributed by atoms with Crippen molar-refractivity contribution >= 4 is 17.5 Å². The molecule has 2 amide bonds. The van der Waals surface area contributed by atoms with Gasteiger partial charge in [-0.05, 0) is 55.1 Å². The zero-order chi connectivity index (χ0) is 32.1. The number of carbonyl (C=O) groups is 2. The molecule has 3 heterocycles. The van der Waals surface area contributed by atoms with Crippen LogP contribution in [0, 0.1) is 17.8 Å². The minimum Gasteiger partial charge on any atom is -0.349 e. The van der Waals surface area contributed by atoms with Gasteiger partial charge in [0.1, 0.15) is 0 Å². The predicted molar refractivity (Wildman–Crippen MR) is 142 cm³/mol. The predicted octanol–water partition coefficient (Wildman–Crippen LogP) is 5.18. The summed E-state index contributed by atoms with van der Waals surface area (Å²) < 4.78 is 94.1. The molecule has 10 nitrogen and oxygen atoms in total. The van der Waals surface area contributed by atoms with Crippen molar-refractivity contribution in [1.29, 1.82) is 0 Å². The average Bonchev–Trinajstić information content (AvgIpc) is 3.51. The molecular formula is C28H31F7N8O2. The van der Waals surface area contributed by atoms with Crippen molar-refractivity contribution in [1.82, 2.24) is 40.2 Å². The highest BCUT2D eigenvalue weighted by atomic mass is 19.4. The zero-order valence-corrected chi connectivity index (χ0v) is 23.9. The number of alkyl halides is 7. The molecule has 0 unspecified atom stereocenters. The van der Waals surface area contributed by atoms with E-state index in [1.807, 2.05) is 0 Å². The van der Waals surface area contributed by atoms with Crippen LogP contribution in [-0.2, 0) is 11.3 Å². The Labute approximate surface area is 252 Å². The number of nitrogens with zero attached hydrogens (tertiary/aromatic N) is 6. The first-order valence-corrected chi connectivity index (χ1v) is 14.8. The van der Waals surface area contributed by atoms with Crippen molar-refractivity contribution in [2.24, 2.45) is 17.8 Å². The number of hydrogen-bond donors (Lipinski definition) is 2. The lowest BCUT2D eigenvalue weighted by Crippen LogP contribution is -2.39. The summed E-state index contributed by atoms with van der Waals surface area (Å²) in [6, 6.07) is 0.436. The quantitative estimate of drug-likeness (QED) is 0.294. The number of rotatable bonds is 10. The average molecular weight is 645 g/mol. The summed E-state index contributed by atoms with van der Waals surface area (Å²) in [6.45, 7) is -1.49. The van der Waals surface area contributed by atoms with Crippen LogP contribution in [0.4, 0.5) is 30.7 Å². The van der Waals surface area contributed by atoms with Gasteiger partial charge in [-0.15, -0.1) is 5.10 Å². The molecule has 2 atom stereocenters. The third kappa shape index (κ3) is 7.54. The number of carbonyl (C=O) groups excluding carboxylic acids is 2. The van der Waals surface area contributed by atoms with Crippen LogP contribution >= 0.6 is 0 Å². The Hall–Kier alpha value is -3.79. The van der Waals surface area contributed by atoms with E-state index in [9.17, 15) is 40.3 Å². The van der Waals surface area contributed by atoms with Crippen LogP contribution in [0.15, 0.2) is 24.7 Å². The molecule has 0 aromatic carbocycles. The Balaban J connectivity index is 1.21. The van der Waals surface area contributed by atoms with Crippen molar-refractivity contribution in [2.75, 3.05) is 0 Å². The number of nitrogens with one attached hydrogen (secondary N) is 2. The minimum atomic E-state index is -4.60. The normalized spacial score (nSPS) is 21.7. The van der Waals surface area contributed by atoms with Crippen molar-refractivity contribution in [3.05, 3.63) is 41.6 Å². The maximum atomic E-state index is 14.0. The Bertz CT molecular complexity index is 1550. The Morgan fingerprint density at radius 1 is 0.933 bits per heavy atom. The first-order valence-electron chi connectivity index (χ1n) is 14.8. The highest BCUT2D eigenvalue weighted by Crippen LogP contribution is 2.45. The lowest BCUT2D eigenvalue weighted by molar-refractivity contribution is -0.145. The second kappa shape index (κ2) is 11.5. The summed E-state index contributed by atoms with van der Waals surface area (Å²) in [5.41, 5.74) is 0.957. The van der Waals surface area contributed by atoms with E-state index in [0.717, 1.165) is 19.0 Å². The third-order valence-corrected chi connectivity index (χ3v) is 8.71. The molecule has 0 spiro atoms. The molecule has 3 aliphatic carbocycles. The molecule has 0 radical (unpaired) electrons. The number of fused-ring (bicyclic) bond motifs is 1. The van der Waals surface area contributed by atoms with Crippen LogP contribution in [0.2, 0.25) is 0 Å². The van der Waals surface area contributed by atoms with Gasteiger partial charge in [-0.2, -0.15) is 28.2 Å². The maximum Gasteiger partial charge on any atom is 0.409 e. The van der Waals surface area contributed by atoms with Crippen LogP contribution in [0.3, 0.4) is 0 Å². The van der Waals surface area contributed by atoms with E-state index in [4.69, 9.17) is 0 Å². The SMILES string of the molecule is O=C(CC1CC(F)(F)C1)N[C@@H](c1cnn2cc([C@@H](NC(=O)c3cnn(CC(F)(F)F)n3)C3CCC(F)(F)CC3)nc2c1)C1CC1. The van der Waals surface area contributed by atoms with E-state index in [1.54, 1.807) is 18.5 Å². The van der Waals surface area contributed by atoms with Gasteiger partial charge in [0.25, 0.3) is 5.91 Å². The van der Waals surface area contributed by atoms with Gasteiger partial charge in [0.05, 0.1) is 36.4 Å². The first kappa shape index (κ1) is 31.2. The van der Waals surface area contributed by atoms with Crippen molar-refractivity contribution in [3.63, 3.8) is 0 Å². The standard InChI is InChI=1S/C28H31F7N8O2/c29-26(30)5-3-17(4-6-26)24(40-25(45)19-12-37-43(41-19)14-28(33,34)35)20-13-42-21(38-20)8-18(11-36-42)23(16-1-2-16)39-22(44)7-15-9-27(31,32)10-15/h8,11-13,15-17,23-24H,1-7,9-10,14H2,(H,39,44)(H,40,45)/t23-,24+/m1/s1. The summed E-state index contributed by atoms with van der Waals surface area (Å²) in [7, 11) is 0. The van der Waals surface area contributed by atoms with Gasteiger partial charge < -0.3 is 10.6 Å². The molecule has 3 fully saturated rings. The number of halogens is 7. The van der Waals surface area contributed by atoms with Gasteiger partial charge >= 0.3 is 6.18 Å². The molecule has 244 valence electrons. The second-order valence-electron chi connectivity index (χ2n) is 12.5. The highest BCUT2D eigenvalue weighted by molar-refractivity contribution is 5.92. The van der Waals surface area contributed by atoms with Crippen LogP contribution in [0.25, 0.3) is 5.65 Å². The van der Waals surface area contributed by atoms with Crippen molar-refractivity contribution < 1.29 is 40.3 Å². The fraction of sp³-hybridized carbons (Fsp3) is 0.643. The lowest BCUT2D eigenvalue weighted by Gasteiger charge is -2.34. The van der Waals surface area contributed by atoms with Gasteiger partial charge in [-0.3, -0.25) is 9.59 Å². The third-order valence-electron chi connectivity index (χ3n) is 8.71. The molecule has 0 saturated heterocycles. The van der Waals surface area contributed by atoms with E-state index in [-0.39, 0.29) is 55.5 Å². The molecule has 45 heavy (non-hydrogen) atoms. The van der Waals surface area contributed by atoms with Crippen molar-refractivity contribution in [2.45, 2.75) is 94.4 Å². The lowest BCUT2D eigenvalue weighted by atomic mass is 9.79. The van der Waals surface area contributed by atoms with Crippen LogP contribution in [0.5, 0.6) is 0 Å². The van der Waals surface area contributed by atoms with E-state index >= 15 is 0 Å². The van der Waals surface area contributed by atoms with Gasteiger partial charge in [0, 0.05) is 32.1 Å². The van der Waals surface area contributed by atoms with Crippen LogP contribution < -0.4 is 10.6 Å². The summed E-state index contributed by atoms with van der Waals surface area (Å²) in [6.07, 6.45) is -0.139. The summed E-state index contributed by atoms with van der Waals surface area (Å²) >= 11 is 0. The van der Waals surface area contributed by atoms with Gasteiger partial charge in [-0.25, -0.2) is 27.1 Å². The molecule has 3 aliphatic rings. The topological polar surface area (TPSA) is 119 Å². The molecule has 3 aromatic rings. The molecule has 0 aliphatic heterocycles. The zero-order valence-electron chi connectivity index (χ0n) is 23.9. The smallest absolute Gasteiger partial charge is 0.349 e. The molecule has 17 heteroatoms. The fourth-order valence-corrected chi connectivity index (χ4v) is 6.24. The van der Waals surface area contributed by atoms with Crippen LogP contribution in [-0.4, -0.2) is 59.4 Å². The highest BCUT2D eigenvalue weighted by Gasteiger charge is 2.46. The molecular weight excluding hydrogens is 613 g/mol. The Morgan fingerprint density at radius 2 is 1.62 bits per heavy atom. The Kier molecular flexibility index (Phi) is 8.00. The van der Waals surface area contributed by atoms with Gasteiger partial charge in [0.15, 0.2) is 17.9 Å². The minimum absolute atomic E-state index is 0.00772. The summed E-state index contributed by atoms with van der Waals surface area (Å²) in [4.78, 5) is 30.7. The maximum absolute atomic E-state index is 14.0. The van der Waals surface area contributed by atoms with E-state index < -0.39 is 61.3 Å². The summed E-state index contributed by atoms with van der Waals surface area (Å²) in [5, 5.41) is 17.2. The molecule has 3 aromatic heterocycles. The van der Waals surface area contributed by atoms with Crippen molar-refractivity contribution in [3.8, 4) is 0 Å². The monoisotopic (exact) mass is 644 g/mol. The van der Waals surface area contributed by atoms with Gasteiger partial charge in [0.2, 0.25) is 17.8 Å². The largest absolute Gasteiger partial charge is 0.409 e. The van der Waals surface area contributed by atoms with E-state index in [0.29, 0.717) is 21.7 Å². The molecule has 0 bridgehead atoms. The number of imidazole rings is 1. The van der Waals surface area contributed by atoms with Gasteiger partial charge in [-0.1, -0.05) is 0 Å². The molecule has 3 saturated carbocycles. The number of hydrogen-bond acceptors (Lipinski definition) is 6. The van der Waals surface area contributed by atoms with Crippen LogP contribution in [0.1, 0.15) is 91.6 Å². The summed E-state index contributed by atoms with van der Waals surface area (Å²) in [5.74, 6) is -7.38. The first-order chi connectivity index (χ1) is 21.1. The number of amides is 2. The van der Waals surface area contributed by atoms with E-state index in [1.165, 1.54) is 4.52 Å². The number of aromatic nitrogens is 6. The fourth-order valence-electron chi connectivity index (χ4n) is 6.24. The Morgan fingerprint density at radius 3 is 2.27 bits per heavy atom.